The lowest BCUT2D eigenvalue weighted by atomic mass is 10.0. The number of hydrogen-bond acceptors (Lipinski definition) is 4. The van der Waals surface area contributed by atoms with Crippen LogP contribution in [0.2, 0.25) is 0 Å². The molecule has 4 nitrogen and oxygen atoms in total. The van der Waals surface area contributed by atoms with Gasteiger partial charge in [-0.25, -0.2) is 8.42 Å². The summed E-state index contributed by atoms with van der Waals surface area (Å²) < 4.78 is 27.6. The second-order valence-electron chi connectivity index (χ2n) is 6.12. The number of nitrogens with zero attached hydrogens (tertiary/aromatic N) is 1. The summed E-state index contributed by atoms with van der Waals surface area (Å²) in [6, 6.07) is 0. The minimum atomic E-state index is -3.36. The van der Waals surface area contributed by atoms with Gasteiger partial charge in [-0.2, -0.15) is 4.31 Å². The van der Waals surface area contributed by atoms with E-state index in [9.17, 15) is 8.42 Å². The van der Waals surface area contributed by atoms with Crippen molar-refractivity contribution in [2.24, 2.45) is 11.8 Å². The molecule has 1 N–H and O–H groups in total. The predicted octanol–water partition coefficient (Wildman–Crippen LogP) is 2.83. The second kappa shape index (κ2) is 6.77. The maximum Gasteiger partial charge on any atom is 0.244 e. The Labute approximate surface area is 132 Å². The summed E-state index contributed by atoms with van der Waals surface area (Å²) in [5.41, 5.74) is 0.875. The lowest BCUT2D eigenvalue weighted by molar-refractivity contribution is 0.462. The quantitative estimate of drug-likeness (QED) is 0.816. The smallest absolute Gasteiger partial charge is 0.244 e. The van der Waals surface area contributed by atoms with E-state index in [1.54, 1.807) is 15.6 Å². The van der Waals surface area contributed by atoms with Crippen molar-refractivity contribution in [2.75, 3.05) is 19.6 Å². The molecule has 1 fully saturated rings. The Kier molecular flexibility index (Phi) is 5.46. The van der Waals surface area contributed by atoms with Crippen molar-refractivity contribution in [3.8, 4) is 0 Å². The summed E-state index contributed by atoms with van der Waals surface area (Å²) in [6.45, 7) is 11.1. The molecule has 2 atom stereocenters. The first-order valence-corrected chi connectivity index (χ1v) is 9.97. The molecule has 6 heteroatoms. The van der Waals surface area contributed by atoms with E-state index in [1.807, 2.05) is 12.3 Å². The first kappa shape index (κ1) is 16.9. The maximum atomic E-state index is 13.0. The summed E-state index contributed by atoms with van der Waals surface area (Å²) in [5.74, 6) is 0.862. The number of rotatable bonds is 6. The van der Waals surface area contributed by atoms with Crippen LogP contribution in [0.1, 0.15) is 37.6 Å². The van der Waals surface area contributed by atoms with E-state index in [-0.39, 0.29) is 0 Å². The highest BCUT2D eigenvalue weighted by atomic mass is 32.2. The highest BCUT2D eigenvalue weighted by molar-refractivity contribution is 7.89. The van der Waals surface area contributed by atoms with Crippen LogP contribution in [0.15, 0.2) is 10.3 Å². The predicted molar refractivity (Wildman–Crippen MR) is 88.1 cm³/mol. The standard InChI is InChI=1S/C15H26N2O2S2/c1-5-6-16-7-14-15(13(4)10-20-14)21(18,19)17-8-11(2)12(3)9-17/h10-12,16H,5-9H2,1-4H3. The molecule has 2 rings (SSSR count). The molecule has 120 valence electrons. The Bertz CT molecular complexity index is 570. The fraction of sp³-hybridized carbons (Fsp3) is 0.733. The van der Waals surface area contributed by atoms with Crippen LogP contribution in [0.25, 0.3) is 0 Å². The maximum absolute atomic E-state index is 13.0. The van der Waals surface area contributed by atoms with Crippen molar-refractivity contribution in [1.82, 2.24) is 9.62 Å². The SMILES string of the molecule is CCCNCc1scc(C)c1S(=O)(=O)N1CC(C)C(C)C1. The molecule has 1 saturated heterocycles. The van der Waals surface area contributed by atoms with Gasteiger partial charge in [-0.1, -0.05) is 20.8 Å². The van der Waals surface area contributed by atoms with Gasteiger partial charge in [-0.15, -0.1) is 11.3 Å². The van der Waals surface area contributed by atoms with Crippen LogP contribution in [0.4, 0.5) is 0 Å². The Morgan fingerprint density at radius 1 is 1.33 bits per heavy atom. The normalized spacial score (nSPS) is 23.8. The van der Waals surface area contributed by atoms with Gasteiger partial charge in [-0.3, -0.25) is 0 Å². The number of thiophene rings is 1. The molecule has 0 bridgehead atoms. The minimum Gasteiger partial charge on any atom is -0.312 e. The summed E-state index contributed by atoms with van der Waals surface area (Å²) in [6.07, 6.45) is 1.05. The van der Waals surface area contributed by atoms with Crippen LogP contribution in [0.5, 0.6) is 0 Å². The molecule has 21 heavy (non-hydrogen) atoms. The monoisotopic (exact) mass is 330 g/mol. The molecule has 2 heterocycles. The molecular weight excluding hydrogens is 304 g/mol. The van der Waals surface area contributed by atoms with Crippen molar-refractivity contribution in [3.05, 3.63) is 15.8 Å². The van der Waals surface area contributed by atoms with Crippen molar-refractivity contribution < 1.29 is 8.42 Å². The van der Waals surface area contributed by atoms with E-state index in [0.29, 0.717) is 36.4 Å². The molecule has 1 aliphatic heterocycles. The third kappa shape index (κ3) is 3.50. The third-order valence-electron chi connectivity index (χ3n) is 4.25. The summed E-state index contributed by atoms with van der Waals surface area (Å²) in [5, 5.41) is 5.27. The molecule has 1 aromatic heterocycles. The van der Waals surface area contributed by atoms with E-state index in [1.165, 1.54) is 0 Å². The Morgan fingerprint density at radius 3 is 2.52 bits per heavy atom. The largest absolute Gasteiger partial charge is 0.312 e. The molecule has 0 radical (unpaired) electrons. The average molecular weight is 331 g/mol. The van der Waals surface area contributed by atoms with Gasteiger partial charge in [0.2, 0.25) is 10.0 Å². The van der Waals surface area contributed by atoms with Crippen LogP contribution in [-0.4, -0.2) is 32.4 Å². The van der Waals surface area contributed by atoms with Crippen molar-refractivity contribution in [2.45, 2.75) is 45.6 Å². The zero-order valence-electron chi connectivity index (χ0n) is 13.3. The van der Waals surface area contributed by atoms with Crippen LogP contribution in [0, 0.1) is 18.8 Å². The fourth-order valence-corrected chi connectivity index (χ4v) is 6.11. The number of aryl methyl sites for hydroxylation is 1. The topological polar surface area (TPSA) is 49.4 Å². The summed E-state index contributed by atoms with van der Waals surface area (Å²) in [7, 11) is -3.36. The van der Waals surface area contributed by atoms with Gasteiger partial charge < -0.3 is 5.32 Å². The molecular formula is C15H26N2O2S2. The number of sulfonamides is 1. The molecule has 1 aromatic rings. The molecule has 0 saturated carbocycles. The number of nitrogens with one attached hydrogen (secondary N) is 1. The first-order chi connectivity index (χ1) is 9.87. The van der Waals surface area contributed by atoms with Crippen molar-refractivity contribution >= 4 is 21.4 Å². The number of hydrogen-bond donors (Lipinski definition) is 1. The summed E-state index contributed by atoms with van der Waals surface area (Å²) >= 11 is 1.55. The van der Waals surface area contributed by atoms with E-state index in [4.69, 9.17) is 0 Å². The van der Waals surface area contributed by atoms with Crippen molar-refractivity contribution in [1.29, 1.82) is 0 Å². The van der Waals surface area contributed by atoms with Gasteiger partial charge in [0.15, 0.2) is 0 Å². The highest BCUT2D eigenvalue weighted by Gasteiger charge is 2.37. The lowest BCUT2D eigenvalue weighted by Gasteiger charge is -2.17. The second-order valence-corrected chi connectivity index (χ2v) is 8.96. The van der Waals surface area contributed by atoms with E-state index >= 15 is 0 Å². The van der Waals surface area contributed by atoms with Crippen LogP contribution >= 0.6 is 11.3 Å². The zero-order valence-corrected chi connectivity index (χ0v) is 15.0. The van der Waals surface area contributed by atoms with E-state index in [2.05, 4.69) is 26.1 Å². The minimum absolute atomic E-state index is 0.431. The van der Waals surface area contributed by atoms with Crippen LogP contribution in [-0.2, 0) is 16.6 Å². The lowest BCUT2D eigenvalue weighted by Crippen LogP contribution is -2.30. The highest BCUT2D eigenvalue weighted by Crippen LogP contribution is 2.33. The van der Waals surface area contributed by atoms with Gasteiger partial charge >= 0.3 is 0 Å². The van der Waals surface area contributed by atoms with Crippen LogP contribution in [0.3, 0.4) is 0 Å². The molecule has 1 aliphatic rings. The van der Waals surface area contributed by atoms with Crippen LogP contribution < -0.4 is 5.32 Å². The van der Waals surface area contributed by atoms with Gasteiger partial charge in [0.1, 0.15) is 4.90 Å². The molecule has 0 aliphatic carbocycles. The molecule has 0 amide bonds. The van der Waals surface area contributed by atoms with Gasteiger partial charge in [0.25, 0.3) is 0 Å². The van der Waals surface area contributed by atoms with E-state index in [0.717, 1.165) is 23.4 Å². The van der Waals surface area contributed by atoms with Crippen molar-refractivity contribution in [3.63, 3.8) is 0 Å². The fourth-order valence-electron chi connectivity index (χ4n) is 2.74. The van der Waals surface area contributed by atoms with E-state index < -0.39 is 10.0 Å². The molecule has 0 aromatic carbocycles. The molecule has 0 spiro atoms. The summed E-state index contributed by atoms with van der Waals surface area (Å²) in [4.78, 5) is 1.48. The average Bonchev–Trinajstić information content (AvgIpc) is 2.95. The Hall–Kier alpha value is -0.430. The Morgan fingerprint density at radius 2 is 1.95 bits per heavy atom. The molecule has 2 unspecified atom stereocenters. The Balaban J connectivity index is 2.26. The third-order valence-corrected chi connectivity index (χ3v) is 7.55. The van der Waals surface area contributed by atoms with Gasteiger partial charge in [0, 0.05) is 24.5 Å². The van der Waals surface area contributed by atoms with Gasteiger partial charge in [0.05, 0.1) is 0 Å². The van der Waals surface area contributed by atoms with Gasteiger partial charge in [-0.05, 0) is 42.7 Å². The zero-order chi connectivity index (χ0) is 15.6. The first-order valence-electron chi connectivity index (χ1n) is 7.65.